The van der Waals surface area contributed by atoms with E-state index in [0.29, 0.717) is 53.8 Å². The van der Waals surface area contributed by atoms with Crippen LogP contribution >= 0.6 is 0 Å². The molecule has 0 saturated carbocycles. The Balaban J connectivity index is 1.74. The quantitative estimate of drug-likeness (QED) is 0.562. The average molecular weight is 397 g/mol. The van der Waals surface area contributed by atoms with Crippen molar-refractivity contribution >= 4 is 22.7 Å². The number of aryl methyl sites for hydroxylation is 1. The van der Waals surface area contributed by atoms with E-state index >= 15 is 0 Å². The van der Waals surface area contributed by atoms with Crippen LogP contribution in [-0.4, -0.2) is 68.6 Å². The van der Waals surface area contributed by atoms with Crippen molar-refractivity contribution in [2.24, 2.45) is 12.0 Å². The van der Waals surface area contributed by atoms with Crippen LogP contribution in [0.1, 0.15) is 6.92 Å². The molecule has 3 heterocycles. The molecule has 2 aromatic heterocycles. The summed E-state index contributed by atoms with van der Waals surface area (Å²) in [4.78, 5) is 26.4. The van der Waals surface area contributed by atoms with E-state index in [0.717, 1.165) is 12.2 Å². The van der Waals surface area contributed by atoms with Crippen molar-refractivity contribution in [2.75, 3.05) is 38.2 Å². The standard InChI is InChI=1S/C19H23N7O3/c1-3-29-15-5-4-12(22-19-20-6-7-26(19)8-9-27)10-13(15)17-23-14-11-21-25(2)16(14)18(28)24-17/h4-5,10-11,27H,3,6-9H2,1-2H3,(H,20,22)(H,23,24,28). The van der Waals surface area contributed by atoms with Gasteiger partial charge in [0.1, 0.15) is 17.1 Å². The zero-order chi connectivity index (χ0) is 20.4. The molecule has 1 aliphatic rings. The van der Waals surface area contributed by atoms with Crippen LogP contribution < -0.4 is 15.6 Å². The maximum Gasteiger partial charge on any atom is 0.277 e. The van der Waals surface area contributed by atoms with Crippen LogP contribution in [0.4, 0.5) is 5.69 Å². The summed E-state index contributed by atoms with van der Waals surface area (Å²) in [6, 6.07) is 5.58. The molecule has 0 amide bonds. The lowest BCUT2D eigenvalue weighted by molar-refractivity contribution is 0.256. The number of anilines is 1. The number of rotatable bonds is 6. The predicted octanol–water partition coefficient (Wildman–Crippen LogP) is 0.798. The second-order valence-electron chi connectivity index (χ2n) is 6.60. The van der Waals surface area contributed by atoms with Crippen LogP contribution in [0.3, 0.4) is 0 Å². The summed E-state index contributed by atoms with van der Waals surface area (Å²) in [5, 5.41) is 16.6. The highest BCUT2D eigenvalue weighted by Crippen LogP contribution is 2.31. The number of aromatic nitrogens is 4. The molecule has 10 heteroatoms. The molecular formula is C19H23N7O3. The van der Waals surface area contributed by atoms with Crippen molar-refractivity contribution in [1.29, 1.82) is 0 Å². The lowest BCUT2D eigenvalue weighted by atomic mass is 10.1. The Labute approximate surface area is 166 Å². The summed E-state index contributed by atoms with van der Waals surface area (Å²) in [5.74, 6) is 1.73. The Bertz CT molecular complexity index is 1120. The maximum atomic E-state index is 12.5. The first-order valence-electron chi connectivity index (χ1n) is 9.47. The number of nitrogens with zero attached hydrogens (tertiary/aromatic N) is 5. The van der Waals surface area contributed by atoms with Crippen LogP contribution in [0.15, 0.2) is 34.2 Å². The molecule has 1 aliphatic heterocycles. The molecule has 0 atom stereocenters. The third-order valence-corrected chi connectivity index (χ3v) is 4.69. The number of guanidine groups is 1. The van der Waals surface area contributed by atoms with Crippen LogP contribution in [0.5, 0.6) is 5.75 Å². The number of H-pyrrole nitrogens is 1. The molecule has 3 aromatic rings. The monoisotopic (exact) mass is 397 g/mol. The molecule has 152 valence electrons. The number of benzene rings is 1. The minimum Gasteiger partial charge on any atom is -0.493 e. The maximum absolute atomic E-state index is 12.5. The summed E-state index contributed by atoms with van der Waals surface area (Å²) in [5.41, 5.74) is 2.11. The topological polar surface area (TPSA) is 121 Å². The Morgan fingerprint density at radius 3 is 3.03 bits per heavy atom. The molecule has 0 saturated heterocycles. The van der Waals surface area contributed by atoms with Crippen molar-refractivity contribution < 1.29 is 9.84 Å². The second kappa shape index (κ2) is 7.92. The molecule has 0 fully saturated rings. The normalized spacial score (nSPS) is 13.8. The minimum atomic E-state index is -0.264. The van der Waals surface area contributed by atoms with Crippen molar-refractivity contribution in [3.8, 4) is 17.1 Å². The fraction of sp³-hybridized carbons (Fsp3) is 0.368. The largest absolute Gasteiger partial charge is 0.493 e. The summed E-state index contributed by atoms with van der Waals surface area (Å²) in [7, 11) is 1.70. The van der Waals surface area contributed by atoms with Gasteiger partial charge in [0, 0.05) is 25.8 Å². The molecule has 0 spiro atoms. The van der Waals surface area contributed by atoms with Crippen molar-refractivity contribution in [3.63, 3.8) is 0 Å². The summed E-state index contributed by atoms with van der Waals surface area (Å²) >= 11 is 0. The van der Waals surface area contributed by atoms with Crippen LogP contribution in [0.2, 0.25) is 0 Å². The number of aliphatic hydroxyl groups excluding tert-OH is 1. The summed E-state index contributed by atoms with van der Waals surface area (Å²) in [6.45, 7) is 4.40. The van der Waals surface area contributed by atoms with E-state index in [4.69, 9.17) is 4.74 Å². The zero-order valence-electron chi connectivity index (χ0n) is 16.3. The van der Waals surface area contributed by atoms with E-state index < -0.39 is 0 Å². The number of aliphatic hydroxyl groups is 1. The van der Waals surface area contributed by atoms with E-state index in [9.17, 15) is 9.90 Å². The number of β-amino-alcohol motifs (C(OH)–C–C–N with tert-alkyl or cyclic N) is 1. The summed E-state index contributed by atoms with van der Waals surface area (Å²) in [6.07, 6.45) is 1.57. The Hall–Kier alpha value is -3.40. The number of ether oxygens (including phenoxy) is 1. The molecular weight excluding hydrogens is 374 g/mol. The van der Waals surface area contributed by atoms with E-state index in [2.05, 4.69) is 25.4 Å². The minimum absolute atomic E-state index is 0.0610. The Morgan fingerprint density at radius 2 is 2.24 bits per heavy atom. The fourth-order valence-electron chi connectivity index (χ4n) is 3.36. The first-order valence-corrected chi connectivity index (χ1v) is 9.47. The van der Waals surface area contributed by atoms with E-state index in [1.54, 1.807) is 13.2 Å². The number of hydrogen-bond donors (Lipinski definition) is 3. The molecule has 0 unspecified atom stereocenters. The van der Waals surface area contributed by atoms with Gasteiger partial charge in [-0.3, -0.25) is 14.5 Å². The van der Waals surface area contributed by atoms with Gasteiger partial charge >= 0.3 is 0 Å². The van der Waals surface area contributed by atoms with Crippen molar-refractivity contribution in [1.82, 2.24) is 24.6 Å². The van der Waals surface area contributed by atoms with Gasteiger partial charge < -0.3 is 25.0 Å². The van der Waals surface area contributed by atoms with Crippen molar-refractivity contribution in [2.45, 2.75) is 6.92 Å². The first kappa shape index (κ1) is 18.9. The van der Waals surface area contributed by atoms with Gasteiger partial charge in [0.05, 0.1) is 31.5 Å². The van der Waals surface area contributed by atoms with Gasteiger partial charge in [0.15, 0.2) is 11.5 Å². The Kier molecular flexibility index (Phi) is 5.17. The van der Waals surface area contributed by atoms with Gasteiger partial charge in [-0.1, -0.05) is 0 Å². The van der Waals surface area contributed by atoms with Crippen LogP contribution in [-0.2, 0) is 7.05 Å². The molecule has 29 heavy (non-hydrogen) atoms. The van der Waals surface area contributed by atoms with E-state index in [1.165, 1.54) is 4.68 Å². The van der Waals surface area contributed by atoms with Gasteiger partial charge in [0.2, 0.25) is 0 Å². The third kappa shape index (κ3) is 3.66. The average Bonchev–Trinajstić information content (AvgIpc) is 3.30. The van der Waals surface area contributed by atoms with Gasteiger partial charge in [-0.2, -0.15) is 5.10 Å². The molecule has 4 rings (SSSR count). The number of hydrogen-bond acceptors (Lipinski definition) is 8. The number of nitrogens with one attached hydrogen (secondary N) is 2. The lowest BCUT2D eigenvalue weighted by Crippen LogP contribution is -2.35. The lowest BCUT2D eigenvalue weighted by Gasteiger charge is -2.20. The molecule has 3 N–H and O–H groups in total. The number of aliphatic imine (C=N–C) groups is 1. The predicted molar refractivity (Wildman–Crippen MR) is 110 cm³/mol. The van der Waals surface area contributed by atoms with E-state index in [1.807, 2.05) is 30.0 Å². The first-order chi connectivity index (χ1) is 14.1. The van der Waals surface area contributed by atoms with Crippen LogP contribution in [0, 0.1) is 0 Å². The fourth-order valence-corrected chi connectivity index (χ4v) is 3.36. The summed E-state index contributed by atoms with van der Waals surface area (Å²) < 4.78 is 7.25. The smallest absolute Gasteiger partial charge is 0.277 e. The molecule has 0 bridgehead atoms. The highest BCUT2D eigenvalue weighted by Gasteiger charge is 2.18. The number of aromatic amines is 1. The molecule has 1 aromatic carbocycles. The van der Waals surface area contributed by atoms with Gasteiger partial charge in [-0.25, -0.2) is 4.98 Å². The van der Waals surface area contributed by atoms with Gasteiger partial charge in [0.25, 0.3) is 5.56 Å². The third-order valence-electron chi connectivity index (χ3n) is 4.69. The highest BCUT2D eigenvalue weighted by atomic mass is 16.5. The van der Waals surface area contributed by atoms with E-state index in [-0.39, 0.29) is 12.2 Å². The second-order valence-corrected chi connectivity index (χ2v) is 6.60. The van der Waals surface area contributed by atoms with Gasteiger partial charge in [-0.15, -0.1) is 0 Å². The number of fused-ring (bicyclic) bond motifs is 1. The molecule has 0 aliphatic carbocycles. The highest BCUT2D eigenvalue weighted by molar-refractivity contribution is 5.95. The van der Waals surface area contributed by atoms with Gasteiger partial charge in [-0.05, 0) is 25.1 Å². The molecule has 10 nitrogen and oxygen atoms in total. The zero-order valence-corrected chi connectivity index (χ0v) is 16.3. The molecule has 0 radical (unpaired) electrons. The SMILES string of the molecule is CCOc1ccc(NC2=NCCN2CCO)cc1-c1nc2cnn(C)c2c(=O)[nH]1. The van der Waals surface area contributed by atoms with Crippen LogP contribution in [0.25, 0.3) is 22.4 Å². The Morgan fingerprint density at radius 1 is 1.38 bits per heavy atom. The van der Waals surface area contributed by atoms with Crippen molar-refractivity contribution in [3.05, 3.63) is 34.7 Å².